The van der Waals surface area contributed by atoms with E-state index in [1.807, 2.05) is 6.07 Å². The first-order chi connectivity index (χ1) is 17.4. The Kier molecular flexibility index (Phi) is 8.12. The molecule has 1 saturated heterocycles. The van der Waals surface area contributed by atoms with Crippen LogP contribution in [0.2, 0.25) is 0 Å². The highest BCUT2D eigenvalue weighted by Crippen LogP contribution is 2.22. The van der Waals surface area contributed by atoms with Crippen molar-refractivity contribution in [3.05, 3.63) is 89.5 Å². The van der Waals surface area contributed by atoms with Crippen molar-refractivity contribution in [3.63, 3.8) is 0 Å². The summed E-state index contributed by atoms with van der Waals surface area (Å²) in [6, 6.07) is 17.5. The third-order valence-electron chi connectivity index (χ3n) is 5.91. The molecule has 2 amide bonds. The van der Waals surface area contributed by atoms with Crippen molar-refractivity contribution in [3.8, 4) is 11.5 Å². The summed E-state index contributed by atoms with van der Waals surface area (Å²) >= 11 is 0. The second-order valence-electron chi connectivity index (χ2n) is 8.35. The Morgan fingerprint density at radius 3 is 2.33 bits per heavy atom. The fourth-order valence-corrected chi connectivity index (χ4v) is 4.01. The Hall–Kier alpha value is -3.98. The highest BCUT2D eigenvalue weighted by atomic mass is 19.1. The smallest absolute Gasteiger partial charge is 0.262 e. The van der Waals surface area contributed by atoms with Gasteiger partial charge in [0.25, 0.3) is 11.8 Å². The minimum Gasteiger partial charge on any atom is -0.494 e. The number of para-hydroxylation sites is 2. The predicted octanol–water partition coefficient (Wildman–Crippen LogP) is 3.95. The maximum absolute atomic E-state index is 14.0. The summed E-state index contributed by atoms with van der Waals surface area (Å²) in [7, 11) is 1.43. The monoisotopic (exact) mass is 495 g/mol. The highest BCUT2D eigenvalue weighted by molar-refractivity contribution is 5.97. The van der Waals surface area contributed by atoms with E-state index in [-0.39, 0.29) is 29.7 Å². The molecule has 0 unspecified atom stereocenters. The number of methoxy groups -OCH3 is 1. The number of nitrogens with zero attached hydrogens (tertiary/aromatic N) is 2. The van der Waals surface area contributed by atoms with E-state index >= 15 is 0 Å². The largest absolute Gasteiger partial charge is 0.494 e. The first kappa shape index (κ1) is 25.1. The summed E-state index contributed by atoms with van der Waals surface area (Å²) in [5, 5.41) is 2.46. The molecule has 3 aromatic rings. The molecule has 1 heterocycles. The van der Waals surface area contributed by atoms with Crippen molar-refractivity contribution in [2.24, 2.45) is 0 Å². The minimum atomic E-state index is -0.544. The number of anilines is 1. The van der Waals surface area contributed by atoms with Gasteiger partial charge in [0, 0.05) is 32.7 Å². The summed E-state index contributed by atoms with van der Waals surface area (Å²) in [6.07, 6.45) is 0. The molecule has 0 spiro atoms. The van der Waals surface area contributed by atoms with E-state index in [0.717, 1.165) is 5.56 Å². The number of nitrogens with one attached hydrogen (secondary N) is 1. The number of benzene rings is 3. The molecule has 0 aromatic heterocycles. The van der Waals surface area contributed by atoms with E-state index in [1.54, 1.807) is 41.3 Å². The summed E-state index contributed by atoms with van der Waals surface area (Å²) in [4.78, 5) is 29.3. The number of hydrogen-bond acceptors (Lipinski definition) is 5. The first-order valence-corrected chi connectivity index (χ1v) is 11.5. The summed E-state index contributed by atoms with van der Waals surface area (Å²) < 4.78 is 38.3. The van der Waals surface area contributed by atoms with Crippen LogP contribution in [-0.4, -0.2) is 61.5 Å². The quantitative estimate of drug-likeness (QED) is 0.513. The van der Waals surface area contributed by atoms with Crippen molar-refractivity contribution >= 4 is 17.5 Å². The summed E-state index contributed by atoms with van der Waals surface area (Å²) in [5.41, 5.74) is 1.24. The van der Waals surface area contributed by atoms with Gasteiger partial charge in [-0.05, 0) is 42.0 Å². The van der Waals surface area contributed by atoms with Crippen LogP contribution < -0.4 is 14.8 Å². The summed E-state index contributed by atoms with van der Waals surface area (Å²) in [6.45, 7) is 2.46. The van der Waals surface area contributed by atoms with Crippen LogP contribution >= 0.6 is 0 Å². The fourth-order valence-electron chi connectivity index (χ4n) is 4.01. The minimum absolute atomic E-state index is 0.0608. The van der Waals surface area contributed by atoms with Gasteiger partial charge in [-0.2, -0.15) is 0 Å². The number of rotatable bonds is 8. The van der Waals surface area contributed by atoms with Crippen LogP contribution in [0, 0.1) is 11.6 Å². The molecule has 7 nitrogen and oxygen atoms in total. The highest BCUT2D eigenvalue weighted by Gasteiger charge is 2.24. The van der Waals surface area contributed by atoms with Crippen molar-refractivity contribution in [2.75, 3.05) is 45.2 Å². The van der Waals surface area contributed by atoms with Crippen LogP contribution in [-0.2, 0) is 11.3 Å². The van der Waals surface area contributed by atoms with Gasteiger partial charge in [-0.25, -0.2) is 8.78 Å². The lowest BCUT2D eigenvalue weighted by molar-refractivity contribution is -0.118. The maximum atomic E-state index is 14.0. The molecule has 4 rings (SSSR count). The Balaban J connectivity index is 1.32. The van der Waals surface area contributed by atoms with Gasteiger partial charge >= 0.3 is 0 Å². The molecule has 0 bridgehead atoms. The molecule has 0 radical (unpaired) electrons. The van der Waals surface area contributed by atoms with E-state index in [4.69, 9.17) is 9.47 Å². The van der Waals surface area contributed by atoms with Gasteiger partial charge in [-0.15, -0.1) is 0 Å². The number of carbonyl (C=O) groups excluding carboxylic acids is 2. The number of halogens is 2. The Morgan fingerprint density at radius 2 is 1.61 bits per heavy atom. The van der Waals surface area contributed by atoms with E-state index in [0.29, 0.717) is 38.3 Å². The molecule has 1 N–H and O–H groups in total. The Bertz CT molecular complexity index is 1230. The number of carbonyl (C=O) groups is 2. The van der Waals surface area contributed by atoms with Gasteiger partial charge in [0.2, 0.25) is 0 Å². The lowest BCUT2D eigenvalue weighted by atomic mass is 10.1. The van der Waals surface area contributed by atoms with Crippen molar-refractivity contribution in [1.82, 2.24) is 9.80 Å². The van der Waals surface area contributed by atoms with Crippen LogP contribution in [0.15, 0.2) is 66.7 Å². The van der Waals surface area contributed by atoms with E-state index in [1.165, 1.54) is 31.4 Å². The number of hydrogen-bond donors (Lipinski definition) is 1. The normalized spacial score (nSPS) is 13.8. The zero-order valence-electron chi connectivity index (χ0n) is 19.9. The van der Waals surface area contributed by atoms with Gasteiger partial charge < -0.3 is 19.7 Å². The zero-order chi connectivity index (χ0) is 25.5. The average Bonchev–Trinajstić information content (AvgIpc) is 2.89. The molecule has 0 aliphatic carbocycles. The molecule has 1 aliphatic rings. The van der Waals surface area contributed by atoms with Crippen LogP contribution in [0.25, 0.3) is 0 Å². The van der Waals surface area contributed by atoms with Crippen LogP contribution in [0.1, 0.15) is 15.9 Å². The van der Waals surface area contributed by atoms with Gasteiger partial charge in [-0.1, -0.05) is 30.3 Å². The molecule has 0 atom stereocenters. The number of piperazine rings is 1. The van der Waals surface area contributed by atoms with Crippen molar-refractivity contribution < 1.29 is 27.8 Å². The molecular formula is C27H27F2N3O4. The molecule has 188 valence electrons. The van der Waals surface area contributed by atoms with Crippen LogP contribution in [0.3, 0.4) is 0 Å². The Morgan fingerprint density at radius 1 is 0.889 bits per heavy atom. The summed E-state index contributed by atoms with van der Waals surface area (Å²) in [5.74, 6) is -1.19. The van der Waals surface area contributed by atoms with Crippen molar-refractivity contribution in [2.45, 2.75) is 6.54 Å². The molecule has 1 fully saturated rings. The van der Waals surface area contributed by atoms with E-state index in [2.05, 4.69) is 10.2 Å². The molecule has 9 heteroatoms. The molecule has 36 heavy (non-hydrogen) atoms. The average molecular weight is 496 g/mol. The fraction of sp³-hybridized carbons (Fsp3) is 0.259. The van der Waals surface area contributed by atoms with Gasteiger partial charge in [-0.3, -0.25) is 14.5 Å². The first-order valence-electron chi connectivity index (χ1n) is 11.5. The molecule has 3 aromatic carbocycles. The third kappa shape index (κ3) is 6.17. The van der Waals surface area contributed by atoms with Crippen LogP contribution in [0.5, 0.6) is 11.5 Å². The molecular weight excluding hydrogens is 468 g/mol. The maximum Gasteiger partial charge on any atom is 0.262 e. The molecule has 0 saturated carbocycles. The second-order valence-corrected chi connectivity index (χ2v) is 8.35. The molecule has 1 aliphatic heterocycles. The lowest BCUT2D eigenvalue weighted by Gasteiger charge is -2.35. The van der Waals surface area contributed by atoms with Crippen molar-refractivity contribution in [1.29, 1.82) is 0 Å². The van der Waals surface area contributed by atoms with Gasteiger partial charge in [0.1, 0.15) is 11.6 Å². The van der Waals surface area contributed by atoms with Gasteiger partial charge in [0.15, 0.2) is 18.2 Å². The van der Waals surface area contributed by atoms with Gasteiger partial charge in [0.05, 0.1) is 18.4 Å². The number of ether oxygens (including phenoxy) is 2. The van der Waals surface area contributed by atoms with E-state index < -0.39 is 17.5 Å². The van der Waals surface area contributed by atoms with Crippen LogP contribution in [0.4, 0.5) is 14.5 Å². The Labute approximate surface area is 208 Å². The zero-order valence-corrected chi connectivity index (χ0v) is 19.9. The second kappa shape index (κ2) is 11.6. The SMILES string of the molecule is COc1ccc(CN2CCN(C(=O)c3ccccc3OCC(=O)Nc3ccccc3F)CC2)cc1F. The lowest BCUT2D eigenvalue weighted by Crippen LogP contribution is -2.48. The predicted molar refractivity (Wildman–Crippen MR) is 131 cm³/mol. The third-order valence-corrected chi connectivity index (χ3v) is 5.91. The topological polar surface area (TPSA) is 71.1 Å². The standard InChI is InChI=1S/C27H27F2N3O4/c1-35-25-11-10-19(16-22(25)29)17-31-12-14-32(15-13-31)27(34)20-6-2-5-9-24(20)36-18-26(33)30-23-8-4-3-7-21(23)28/h2-11,16H,12-15,17-18H2,1H3,(H,30,33). The van der Waals surface area contributed by atoms with E-state index in [9.17, 15) is 18.4 Å². The number of amides is 2.